The number of amides is 1. The lowest BCUT2D eigenvalue weighted by Crippen LogP contribution is -2.46. The van der Waals surface area contributed by atoms with Gasteiger partial charge in [0.2, 0.25) is 5.91 Å². The van der Waals surface area contributed by atoms with Crippen LogP contribution in [-0.2, 0) is 22.4 Å². The summed E-state index contributed by atoms with van der Waals surface area (Å²) in [6.07, 6.45) is 4.68. The van der Waals surface area contributed by atoms with Crippen molar-refractivity contribution >= 4 is 5.91 Å². The third-order valence-corrected chi connectivity index (χ3v) is 4.19. The largest absolute Gasteiger partial charge is 0.497 e. The highest BCUT2D eigenvalue weighted by molar-refractivity contribution is 5.78. The Balaban J connectivity index is 1.56. The predicted octanol–water partition coefficient (Wildman–Crippen LogP) is 2.10. The molecule has 1 aliphatic rings. The molecule has 1 saturated heterocycles. The van der Waals surface area contributed by atoms with Crippen LogP contribution in [0.5, 0.6) is 5.75 Å². The Bertz CT molecular complexity index is 658. The number of morpholine rings is 1. The van der Waals surface area contributed by atoms with Gasteiger partial charge < -0.3 is 14.4 Å². The second-order valence-electron chi connectivity index (χ2n) is 5.92. The molecule has 0 bridgehead atoms. The van der Waals surface area contributed by atoms with E-state index in [9.17, 15) is 4.79 Å². The van der Waals surface area contributed by atoms with Gasteiger partial charge >= 0.3 is 0 Å². The highest BCUT2D eigenvalue weighted by Crippen LogP contribution is 2.16. The van der Waals surface area contributed by atoms with Crippen molar-refractivity contribution in [1.29, 1.82) is 0 Å². The van der Waals surface area contributed by atoms with Crippen LogP contribution in [-0.4, -0.2) is 48.7 Å². The van der Waals surface area contributed by atoms with E-state index < -0.39 is 0 Å². The zero-order valence-electron chi connectivity index (χ0n) is 13.9. The summed E-state index contributed by atoms with van der Waals surface area (Å²) in [5.41, 5.74) is 2.13. The summed E-state index contributed by atoms with van der Waals surface area (Å²) < 4.78 is 11.0. The van der Waals surface area contributed by atoms with Crippen LogP contribution in [0.2, 0.25) is 0 Å². The maximum absolute atomic E-state index is 12.5. The molecule has 0 spiro atoms. The molecule has 1 amide bonds. The first-order chi connectivity index (χ1) is 11.7. The zero-order chi connectivity index (χ0) is 16.8. The van der Waals surface area contributed by atoms with Crippen LogP contribution in [0, 0.1) is 0 Å². The van der Waals surface area contributed by atoms with E-state index in [1.807, 2.05) is 41.3 Å². The summed E-state index contributed by atoms with van der Waals surface area (Å²) in [5, 5.41) is 0. The third kappa shape index (κ3) is 4.32. The molecule has 0 unspecified atom stereocenters. The quantitative estimate of drug-likeness (QED) is 0.844. The molecule has 5 heteroatoms. The minimum atomic E-state index is 0.0324. The van der Waals surface area contributed by atoms with Crippen LogP contribution in [0.1, 0.15) is 11.1 Å². The van der Waals surface area contributed by atoms with Gasteiger partial charge in [-0.25, -0.2) is 0 Å². The summed E-state index contributed by atoms with van der Waals surface area (Å²) in [6.45, 7) is 1.86. The van der Waals surface area contributed by atoms with Crippen molar-refractivity contribution in [3.05, 3.63) is 59.9 Å². The van der Waals surface area contributed by atoms with Crippen molar-refractivity contribution < 1.29 is 14.3 Å². The minimum absolute atomic E-state index is 0.0324. The molecule has 24 heavy (non-hydrogen) atoms. The molecule has 0 aliphatic carbocycles. The Morgan fingerprint density at radius 1 is 1.29 bits per heavy atom. The summed E-state index contributed by atoms with van der Waals surface area (Å²) >= 11 is 0. The number of aromatic nitrogens is 1. The fourth-order valence-electron chi connectivity index (χ4n) is 2.88. The molecule has 1 aromatic heterocycles. The zero-order valence-corrected chi connectivity index (χ0v) is 13.9. The number of nitrogens with zero attached hydrogens (tertiary/aromatic N) is 2. The molecule has 3 rings (SSSR count). The van der Waals surface area contributed by atoms with Crippen molar-refractivity contribution in [1.82, 2.24) is 9.88 Å². The van der Waals surface area contributed by atoms with E-state index in [2.05, 4.69) is 4.98 Å². The molecule has 0 saturated carbocycles. The van der Waals surface area contributed by atoms with Crippen LogP contribution >= 0.6 is 0 Å². The Labute approximate surface area is 142 Å². The molecule has 2 heterocycles. The second-order valence-corrected chi connectivity index (χ2v) is 5.92. The highest BCUT2D eigenvalue weighted by Gasteiger charge is 2.24. The van der Waals surface area contributed by atoms with Gasteiger partial charge in [0, 0.05) is 31.9 Å². The van der Waals surface area contributed by atoms with Gasteiger partial charge in [-0.05, 0) is 29.3 Å². The van der Waals surface area contributed by atoms with Gasteiger partial charge in [0.1, 0.15) is 5.75 Å². The monoisotopic (exact) mass is 326 g/mol. The van der Waals surface area contributed by atoms with E-state index in [0.717, 1.165) is 17.7 Å². The summed E-state index contributed by atoms with van der Waals surface area (Å²) in [6, 6.07) is 11.8. The van der Waals surface area contributed by atoms with E-state index in [4.69, 9.17) is 9.47 Å². The number of carbonyl (C=O) groups is 1. The van der Waals surface area contributed by atoms with E-state index in [-0.39, 0.29) is 12.0 Å². The number of rotatable bonds is 5. The van der Waals surface area contributed by atoms with Crippen LogP contribution in [0.3, 0.4) is 0 Å². The summed E-state index contributed by atoms with van der Waals surface area (Å²) in [4.78, 5) is 18.4. The molecule has 2 aromatic rings. The molecule has 1 aliphatic heterocycles. The van der Waals surface area contributed by atoms with Crippen molar-refractivity contribution in [3.8, 4) is 5.75 Å². The van der Waals surface area contributed by atoms with Crippen molar-refractivity contribution in [2.75, 3.05) is 26.8 Å². The fourth-order valence-corrected chi connectivity index (χ4v) is 2.88. The molecule has 5 nitrogen and oxygen atoms in total. The molecular formula is C19H22N2O3. The standard InChI is InChI=1S/C19H22N2O3/c1-23-17-6-4-15(5-7-17)11-18-14-21(9-10-24-18)19(22)12-16-3-2-8-20-13-16/h2-8,13,18H,9-12,14H2,1H3/t18-/m1/s1. The van der Waals surface area contributed by atoms with E-state index in [1.165, 1.54) is 5.56 Å². The molecule has 126 valence electrons. The Morgan fingerprint density at radius 2 is 2.12 bits per heavy atom. The van der Waals surface area contributed by atoms with Crippen LogP contribution in [0.4, 0.5) is 0 Å². The number of ether oxygens (including phenoxy) is 2. The van der Waals surface area contributed by atoms with Crippen LogP contribution < -0.4 is 4.74 Å². The number of carbonyl (C=O) groups excluding carboxylic acids is 1. The van der Waals surface area contributed by atoms with Gasteiger partial charge in [0.15, 0.2) is 0 Å². The van der Waals surface area contributed by atoms with Gasteiger partial charge in [-0.2, -0.15) is 0 Å². The van der Waals surface area contributed by atoms with E-state index >= 15 is 0 Å². The first-order valence-corrected chi connectivity index (χ1v) is 8.16. The molecular weight excluding hydrogens is 304 g/mol. The SMILES string of the molecule is COc1ccc(C[C@@H]2CN(C(=O)Cc3cccnc3)CCO2)cc1. The van der Waals surface area contributed by atoms with Gasteiger partial charge in [0.25, 0.3) is 0 Å². The van der Waals surface area contributed by atoms with Crippen molar-refractivity contribution in [3.63, 3.8) is 0 Å². The Morgan fingerprint density at radius 3 is 2.83 bits per heavy atom. The highest BCUT2D eigenvalue weighted by atomic mass is 16.5. The number of hydrogen-bond acceptors (Lipinski definition) is 4. The minimum Gasteiger partial charge on any atom is -0.497 e. The van der Waals surface area contributed by atoms with Crippen molar-refractivity contribution in [2.45, 2.75) is 18.9 Å². The molecule has 0 N–H and O–H groups in total. The number of pyridine rings is 1. The predicted molar refractivity (Wildman–Crippen MR) is 91.0 cm³/mol. The second kappa shape index (κ2) is 7.93. The van der Waals surface area contributed by atoms with Crippen LogP contribution in [0.25, 0.3) is 0 Å². The van der Waals surface area contributed by atoms with Gasteiger partial charge in [0.05, 0.1) is 26.2 Å². The molecule has 1 atom stereocenters. The fraction of sp³-hybridized carbons (Fsp3) is 0.368. The first-order valence-electron chi connectivity index (χ1n) is 8.16. The lowest BCUT2D eigenvalue weighted by atomic mass is 10.1. The Hall–Kier alpha value is -2.40. The first kappa shape index (κ1) is 16.5. The average molecular weight is 326 g/mol. The van der Waals surface area contributed by atoms with Gasteiger partial charge in [-0.15, -0.1) is 0 Å². The normalized spacial score (nSPS) is 17.5. The lowest BCUT2D eigenvalue weighted by molar-refractivity contribution is -0.138. The average Bonchev–Trinajstić information content (AvgIpc) is 2.63. The molecule has 1 aromatic carbocycles. The number of methoxy groups -OCH3 is 1. The van der Waals surface area contributed by atoms with Gasteiger partial charge in [-0.3, -0.25) is 9.78 Å². The smallest absolute Gasteiger partial charge is 0.227 e. The summed E-state index contributed by atoms with van der Waals surface area (Å²) in [5.74, 6) is 0.975. The number of hydrogen-bond donors (Lipinski definition) is 0. The number of benzene rings is 1. The topological polar surface area (TPSA) is 51.7 Å². The maximum Gasteiger partial charge on any atom is 0.227 e. The van der Waals surface area contributed by atoms with Crippen LogP contribution in [0.15, 0.2) is 48.8 Å². The lowest BCUT2D eigenvalue weighted by Gasteiger charge is -2.33. The maximum atomic E-state index is 12.5. The Kier molecular flexibility index (Phi) is 5.43. The van der Waals surface area contributed by atoms with Gasteiger partial charge in [-0.1, -0.05) is 18.2 Å². The van der Waals surface area contributed by atoms with Crippen molar-refractivity contribution in [2.24, 2.45) is 0 Å². The van der Waals surface area contributed by atoms with E-state index in [1.54, 1.807) is 19.5 Å². The third-order valence-electron chi connectivity index (χ3n) is 4.19. The van der Waals surface area contributed by atoms with E-state index in [0.29, 0.717) is 26.1 Å². The molecule has 1 fully saturated rings. The molecule has 0 radical (unpaired) electrons. The summed E-state index contributed by atoms with van der Waals surface area (Å²) in [7, 11) is 1.66.